The van der Waals surface area contributed by atoms with E-state index < -0.39 is 23.2 Å². The van der Waals surface area contributed by atoms with Crippen LogP contribution in [0.25, 0.3) is 0 Å². The van der Waals surface area contributed by atoms with Gasteiger partial charge in [0, 0.05) is 5.56 Å². The normalized spacial score (nSPS) is 27.4. The predicted molar refractivity (Wildman–Crippen MR) is 81.3 cm³/mol. The lowest BCUT2D eigenvalue weighted by atomic mass is 9.73. The van der Waals surface area contributed by atoms with E-state index >= 15 is 0 Å². The van der Waals surface area contributed by atoms with Gasteiger partial charge < -0.3 is 5.32 Å². The van der Waals surface area contributed by atoms with Crippen LogP contribution in [0.4, 0.5) is 9.18 Å². The first kappa shape index (κ1) is 15.6. The van der Waals surface area contributed by atoms with Crippen LogP contribution in [0.1, 0.15) is 43.0 Å². The van der Waals surface area contributed by atoms with Crippen molar-refractivity contribution >= 4 is 17.7 Å². The molecule has 1 aromatic rings. The maximum atomic E-state index is 13.2. The summed E-state index contributed by atoms with van der Waals surface area (Å²) >= 11 is 0. The molecule has 1 heterocycles. The van der Waals surface area contributed by atoms with Gasteiger partial charge in [-0.3, -0.25) is 14.5 Å². The second-order valence-corrected chi connectivity index (χ2v) is 6.37. The van der Waals surface area contributed by atoms with Crippen molar-refractivity contribution in [2.75, 3.05) is 6.54 Å². The second kappa shape index (κ2) is 5.76. The number of ketones is 1. The number of rotatable bonds is 3. The molecule has 5 nitrogen and oxygen atoms in total. The van der Waals surface area contributed by atoms with E-state index in [4.69, 9.17) is 0 Å². The van der Waals surface area contributed by atoms with Crippen LogP contribution in [0.15, 0.2) is 24.3 Å². The molecule has 1 aliphatic carbocycles. The molecule has 1 saturated carbocycles. The van der Waals surface area contributed by atoms with Gasteiger partial charge in [-0.25, -0.2) is 9.18 Å². The Labute approximate surface area is 133 Å². The zero-order valence-corrected chi connectivity index (χ0v) is 13.0. The molecule has 3 rings (SSSR count). The highest BCUT2D eigenvalue weighted by Crippen LogP contribution is 2.38. The quantitative estimate of drug-likeness (QED) is 0.688. The van der Waals surface area contributed by atoms with Crippen LogP contribution in [0, 0.1) is 11.7 Å². The van der Waals surface area contributed by atoms with Gasteiger partial charge in [-0.05, 0) is 30.9 Å². The highest BCUT2D eigenvalue weighted by molar-refractivity contribution is 6.11. The van der Waals surface area contributed by atoms with E-state index in [1.165, 1.54) is 18.2 Å². The third-order valence-electron chi connectivity index (χ3n) is 4.95. The summed E-state index contributed by atoms with van der Waals surface area (Å²) in [5.41, 5.74) is -0.722. The number of carbonyl (C=O) groups is 3. The van der Waals surface area contributed by atoms with Crippen molar-refractivity contribution in [3.05, 3.63) is 35.6 Å². The SMILES string of the molecule is C[C@@H]1CCCC[C@]12NC(=O)N(CC(=O)c1cccc(F)c1)C2=O. The number of carbonyl (C=O) groups excluding carboxylic acids is 3. The Hall–Kier alpha value is -2.24. The third kappa shape index (κ3) is 2.62. The molecule has 23 heavy (non-hydrogen) atoms. The van der Waals surface area contributed by atoms with Crippen molar-refractivity contribution in [3.63, 3.8) is 0 Å². The van der Waals surface area contributed by atoms with Gasteiger partial charge in [0.2, 0.25) is 0 Å². The Morgan fingerprint density at radius 2 is 2.17 bits per heavy atom. The number of benzene rings is 1. The number of hydrogen-bond donors (Lipinski definition) is 1. The fourth-order valence-corrected chi connectivity index (χ4v) is 3.54. The molecule has 3 amide bonds. The zero-order chi connectivity index (χ0) is 16.6. The van der Waals surface area contributed by atoms with E-state index in [1.807, 2.05) is 6.92 Å². The Kier molecular flexibility index (Phi) is 3.92. The van der Waals surface area contributed by atoms with E-state index in [0.29, 0.717) is 6.42 Å². The van der Waals surface area contributed by atoms with Gasteiger partial charge in [0.25, 0.3) is 5.91 Å². The fourth-order valence-electron chi connectivity index (χ4n) is 3.54. The molecule has 122 valence electrons. The maximum absolute atomic E-state index is 13.2. The number of urea groups is 1. The van der Waals surface area contributed by atoms with Gasteiger partial charge in [-0.2, -0.15) is 0 Å². The van der Waals surface area contributed by atoms with Gasteiger partial charge in [0.15, 0.2) is 5.78 Å². The average molecular weight is 318 g/mol. The number of amides is 3. The smallest absolute Gasteiger partial charge is 0.323 e. The molecule has 0 bridgehead atoms. The summed E-state index contributed by atoms with van der Waals surface area (Å²) in [5.74, 6) is -1.26. The summed E-state index contributed by atoms with van der Waals surface area (Å²) in [5, 5.41) is 2.80. The first-order valence-corrected chi connectivity index (χ1v) is 7.87. The molecule has 2 atom stereocenters. The number of nitrogens with one attached hydrogen (secondary N) is 1. The average Bonchev–Trinajstić information content (AvgIpc) is 2.75. The minimum Gasteiger partial charge on any atom is -0.323 e. The minimum absolute atomic E-state index is 0.0435. The van der Waals surface area contributed by atoms with Crippen LogP contribution in [-0.2, 0) is 4.79 Å². The molecule has 1 aliphatic heterocycles. The summed E-state index contributed by atoms with van der Waals surface area (Å²) in [6.45, 7) is 1.60. The third-order valence-corrected chi connectivity index (χ3v) is 4.95. The lowest BCUT2D eigenvalue weighted by molar-refractivity contribution is -0.133. The van der Waals surface area contributed by atoms with Crippen LogP contribution in [0.3, 0.4) is 0 Å². The number of imide groups is 1. The van der Waals surface area contributed by atoms with E-state index in [1.54, 1.807) is 0 Å². The topological polar surface area (TPSA) is 66.5 Å². The van der Waals surface area contributed by atoms with E-state index in [2.05, 4.69) is 5.32 Å². The van der Waals surface area contributed by atoms with Gasteiger partial charge in [-0.15, -0.1) is 0 Å². The molecule has 2 aliphatic rings. The molecule has 1 N–H and O–H groups in total. The molecule has 1 saturated heterocycles. The van der Waals surface area contributed by atoms with Crippen LogP contribution in [-0.4, -0.2) is 34.7 Å². The fraction of sp³-hybridized carbons (Fsp3) is 0.471. The minimum atomic E-state index is -0.877. The largest absolute Gasteiger partial charge is 0.325 e. The van der Waals surface area contributed by atoms with Crippen LogP contribution in [0.2, 0.25) is 0 Å². The first-order valence-electron chi connectivity index (χ1n) is 7.87. The number of Topliss-reactive ketones (excluding diaryl/α,β-unsaturated/α-hetero) is 1. The van der Waals surface area contributed by atoms with Crippen LogP contribution < -0.4 is 5.32 Å². The predicted octanol–water partition coefficient (Wildman–Crippen LogP) is 2.51. The molecule has 2 fully saturated rings. The Morgan fingerprint density at radius 3 is 2.87 bits per heavy atom. The van der Waals surface area contributed by atoms with Crippen molar-refractivity contribution in [1.82, 2.24) is 10.2 Å². The Bertz CT molecular complexity index is 676. The number of hydrogen-bond acceptors (Lipinski definition) is 3. The highest BCUT2D eigenvalue weighted by Gasteiger charge is 2.55. The summed E-state index contributed by atoms with van der Waals surface area (Å²) in [4.78, 5) is 38.2. The van der Waals surface area contributed by atoms with Crippen molar-refractivity contribution < 1.29 is 18.8 Å². The van der Waals surface area contributed by atoms with E-state index in [-0.39, 0.29) is 23.9 Å². The summed E-state index contributed by atoms with van der Waals surface area (Å²) < 4.78 is 13.2. The molecule has 0 unspecified atom stereocenters. The van der Waals surface area contributed by atoms with E-state index in [0.717, 1.165) is 30.2 Å². The number of nitrogens with zero attached hydrogens (tertiary/aromatic N) is 1. The van der Waals surface area contributed by atoms with Gasteiger partial charge in [0.1, 0.15) is 11.4 Å². The molecule has 6 heteroatoms. The van der Waals surface area contributed by atoms with Gasteiger partial charge in [0.05, 0.1) is 6.54 Å². The molecule has 1 aromatic carbocycles. The summed E-state index contributed by atoms with van der Waals surface area (Å²) in [7, 11) is 0. The highest BCUT2D eigenvalue weighted by atomic mass is 19.1. The Balaban J connectivity index is 1.79. The van der Waals surface area contributed by atoms with Gasteiger partial charge >= 0.3 is 6.03 Å². The Morgan fingerprint density at radius 1 is 1.39 bits per heavy atom. The monoisotopic (exact) mass is 318 g/mol. The first-order chi connectivity index (χ1) is 10.9. The van der Waals surface area contributed by atoms with Crippen molar-refractivity contribution in [2.45, 2.75) is 38.1 Å². The van der Waals surface area contributed by atoms with Crippen molar-refractivity contribution in [1.29, 1.82) is 0 Å². The molecule has 0 aromatic heterocycles. The van der Waals surface area contributed by atoms with Crippen LogP contribution in [0.5, 0.6) is 0 Å². The lowest BCUT2D eigenvalue weighted by Gasteiger charge is -2.36. The molecular weight excluding hydrogens is 299 g/mol. The van der Waals surface area contributed by atoms with Crippen molar-refractivity contribution in [3.8, 4) is 0 Å². The standard InChI is InChI=1S/C17H19FN2O3/c1-11-5-2-3-8-17(11)15(22)20(16(23)19-17)10-14(21)12-6-4-7-13(18)9-12/h4,6-7,9,11H,2-3,5,8,10H2,1H3,(H,19,23)/t11-,17+/m1/s1. The molecule has 1 spiro atoms. The lowest BCUT2D eigenvalue weighted by Crippen LogP contribution is -2.54. The maximum Gasteiger partial charge on any atom is 0.325 e. The summed E-state index contributed by atoms with van der Waals surface area (Å²) in [6.07, 6.45) is 3.39. The number of halogens is 1. The summed E-state index contributed by atoms with van der Waals surface area (Å²) in [6, 6.07) is 4.72. The second-order valence-electron chi connectivity index (χ2n) is 6.37. The molecular formula is C17H19FN2O3. The van der Waals surface area contributed by atoms with Crippen LogP contribution >= 0.6 is 0 Å². The zero-order valence-electron chi connectivity index (χ0n) is 13.0. The molecule has 0 radical (unpaired) electrons. The van der Waals surface area contributed by atoms with Gasteiger partial charge in [-0.1, -0.05) is 31.9 Å². The van der Waals surface area contributed by atoms with E-state index in [9.17, 15) is 18.8 Å². The van der Waals surface area contributed by atoms with Crippen molar-refractivity contribution in [2.24, 2.45) is 5.92 Å².